The maximum atomic E-state index is 13.2. The number of carbonyl (C=O) groups excluding carboxylic acids is 2. The summed E-state index contributed by atoms with van der Waals surface area (Å²) in [5, 5.41) is 2.88. The molecule has 0 aliphatic carbocycles. The molecular formula is C21H15FN4O4. The van der Waals surface area contributed by atoms with Crippen molar-refractivity contribution in [1.29, 1.82) is 0 Å². The fourth-order valence-corrected chi connectivity index (χ4v) is 3.78. The van der Waals surface area contributed by atoms with Crippen LogP contribution in [-0.2, 0) is 9.59 Å². The molecule has 0 bridgehead atoms. The SMILES string of the molecule is Cc1[nH]n(-c2nc3ccccc3o2)c(=O)c1[C@H]1CC(=O)N(c2ccc(F)cc2)C1=O. The first-order valence-corrected chi connectivity index (χ1v) is 9.24. The second kappa shape index (κ2) is 6.51. The lowest BCUT2D eigenvalue weighted by Gasteiger charge is -2.14. The molecule has 30 heavy (non-hydrogen) atoms. The summed E-state index contributed by atoms with van der Waals surface area (Å²) in [5.74, 6) is -2.41. The van der Waals surface area contributed by atoms with E-state index in [9.17, 15) is 18.8 Å². The standard InChI is InChI=1S/C21H15FN4O4/c1-11-18(14-10-17(27)25(19(14)28)13-8-6-12(22)7-9-13)20(29)26(24-11)21-23-15-4-2-3-5-16(15)30-21/h2-9,14,24H,10H2,1H3/t14-/m1/s1. The van der Waals surface area contributed by atoms with Gasteiger partial charge in [0.25, 0.3) is 5.56 Å². The Morgan fingerprint density at radius 1 is 1.10 bits per heavy atom. The van der Waals surface area contributed by atoms with Gasteiger partial charge in [-0.3, -0.25) is 19.5 Å². The summed E-state index contributed by atoms with van der Waals surface area (Å²) in [6.07, 6.45) is -0.155. The van der Waals surface area contributed by atoms with Crippen LogP contribution in [0.3, 0.4) is 0 Å². The van der Waals surface area contributed by atoms with Crippen LogP contribution in [0.5, 0.6) is 0 Å². The second-order valence-electron chi connectivity index (χ2n) is 7.06. The summed E-state index contributed by atoms with van der Waals surface area (Å²) in [7, 11) is 0. The molecular weight excluding hydrogens is 391 g/mol. The first-order chi connectivity index (χ1) is 14.4. The summed E-state index contributed by atoms with van der Waals surface area (Å²) in [6, 6.07) is 12.2. The molecule has 1 atom stereocenters. The first-order valence-electron chi connectivity index (χ1n) is 9.24. The average molecular weight is 406 g/mol. The molecule has 4 aromatic rings. The fraction of sp³-hybridized carbons (Fsp3) is 0.143. The number of rotatable bonds is 3. The molecule has 1 aliphatic heterocycles. The van der Waals surface area contributed by atoms with Gasteiger partial charge in [-0.15, -0.1) is 0 Å². The highest BCUT2D eigenvalue weighted by molar-refractivity contribution is 6.22. The molecule has 9 heteroatoms. The quantitative estimate of drug-likeness (QED) is 0.527. The highest BCUT2D eigenvalue weighted by atomic mass is 19.1. The Bertz CT molecular complexity index is 1330. The van der Waals surface area contributed by atoms with Gasteiger partial charge < -0.3 is 4.42 Å². The van der Waals surface area contributed by atoms with Crippen molar-refractivity contribution in [2.75, 3.05) is 4.90 Å². The zero-order valence-corrected chi connectivity index (χ0v) is 15.8. The Labute approximate surface area is 168 Å². The smallest absolute Gasteiger partial charge is 0.325 e. The Morgan fingerprint density at radius 2 is 1.83 bits per heavy atom. The van der Waals surface area contributed by atoms with Crippen molar-refractivity contribution in [1.82, 2.24) is 14.8 Å². The van der Waals surface area contributed by atoms with Crippen LogP contribution in [0.25, 0.3) is 17.1 Å². The molecule has 1 aliphatic rings. The molecule has 1 N–H and O–H groups in total. The Morgan fingerprint density at radius 3 is 2.57 bits per heavy atom. The van der Waals surface area contributed by atoms with Crippen molar-refractivity contribution in [2.45, 2.75) is 19.3 Å². The molecule has 5 rings (SSSR count). The number of aryl methyl sites for hydroxylation is 1. The number of benzene rings is 2. The predicted octanol–water partition coefficient (Wildman–Crippen LogP) is 2.80. The third kappa shape index (κ3) is 2.66. The first kappa shape index (κ1) is 18.0. The molecule has 1 fully saturated rings. The van der Waals surface area contributed by atoms with Crippen LogP contribution in [0.1, 0.15) is 23.6 Å². The molecule has 2 aromatic carbocycles. The number of hydrogen-bond acceptors (Lipinski definition) is 5. The molecule has 8 nitrogen and oxygen atoms in total. The molecule has 1 saturated heterocycles. The molecule has 0 saturated carbocycles. The van der Waals surface area contributed by atoms with Crippen LogP contribution < -0.4 is 10.5 Å². The van der Waals surface area contributed by atoms with E-state index in [4.69, 9.17) is 4.42 Å². The number of aromatic nitrogens is 3. The monoisotopic (exact) mass is 406 g/mol. The van der Waals surface area contributed by atoms with Crippen LogP contribution in [0.15, 0.2) is 57.7 Å². The van der Waals surface area contributed by atoms with E-state index in [-0.39, 0.29) is 23.7 Å². The van der Waals surface area contributed by atoms with Crippen molar-refractivity contribution in [3.63, 3.8) is 0 Å². The molecule has 0 unspecified atom stereocenters. The highest BCUT2D eigenvalue weighted by Crippen LogP contribution is 2.33. The van der Waals surface area contributed by atoms with Gasteiger partial charge in [0.15, 0.2) is 5.58 Å². The molecule has 0 spiro atoms. The van der Waals surface area contributed by atoms with E-state index in [1.807, 2.05) is 0 Å². The van der Waals surface area contributed by atoms with Crippen molar-refractivity contribution >= 4 is 28.6 Å². The number of oxazole rings is 1. The number of hydrogen-bond donors (Lipinski definition) is 1. The lowest BCUT2D eigenvalue weighted by molar-refractivity contribution is -0.121. The van der Waals surface area contributed by atoms with E-state index in [1.54, 1.807) is 31.2 Å². The number of nitrogens with one attached hydrogen (secondary N) is 1. The molecule has 150 valence electrons. The van der Waals surface area contributed by atoms with Gasteiger partial charge >= 0.3 is 6.01 Å². The third-order valence-corrected chi connectivity index (χ3v) is 5.17. The number of anilines is 1. The molecule has 2 aromatic heterocycles. The van der Waals surface area contributed by atoms with Gasteiger partial charge in [0.2, 0.25) is 11.8 Å². The Kier molecular flexibility index (Phi) is 3.92. The lowest BCUT2D eigenvalue weighted by Crippen LogP contribution is -2.31. The number of amides is 2. The summed E-state index contributed by atoms with van der Waals surface area (Å²) in [6.45, 7) is 1.65. The van der Waals surface area contributed by atoms with Crippen LogP contribution in [0, 0.1) is 12.7 Å². The third-order valence-electron chi connectivity index (χ3n) is 5.17. The second-order valence-corrected chi connectivity index (χ2v) is 7.06. The van der Waals surface area contributed by atoms with Gasteiger partial charge in [-0.25, -0.2) is 9.29 Å². The zero-order chi connectivity index (χ0) is 21.0. The van der Waals surface area contributed by atoms with E-state index < -0.39 is 29.1 Å². The van der Waals surface area contributed by atoms with Crippen LogP contribution in [0.4, 0.5) is 10.1 Å². The number of aromatic amines is 1. The zero-order valence-electron chi connectivity index (χ0n) is 15.8. The minimum atomic E-state index is -0.947. The van der Waals surface area contributed by atoms with Gasteiger partial charge in [-0.1, -0.05) is 12.1 Å². The van der Waals surface area contributed by atoms with Crippen LogP contribution in [0.2, 0.25) is 0 Å². The van der Waals surface area contributed by atoms with Gasteiger partial charge in [0.05, 0.1) is 17.2 Å². The number of nitrogens with zero attached hydrogens (tertiary/aromatic N) is 3. The van der Waals surface area contributed by atoms with Crippen molar-refractivity contribution in [3.8, 4) is 6.01 Å². The summed E-state index contributed by atoms with van der Waals surface area (Å²) in [5.41, 5.74) is 1.48. The van der Waals surface area contributed by atoms with Gasteiger partial charge in [-0.05, 0) is 43.3 Å². The predicted molar refractivity (Wildman–Crippen MR) is 105 cm³/mol. The fourth-order valence-electron chi connectivity index (χ4n) is 3.78. The number of H-pyrrole nitrogens is 1. The number of fused-ring (bicyclic) bond motifs is 1. The van der Waals surface area contributed by atoms with E-state index in [0.717, 1.165) is 9.58 Å². The number of para-hydroxylation sites is 2. The Hall–Kier alpha value is -4.01. The largest absolute Gasteiger partial charge is 0.422 e. The van der Waals surface area contributed by atoms with Gasteiger partial charge in [0, 0.05) is 12.1 Å². The van der Waals surface area contributed by atoms with Crippen molar-refractivity contribution in [3.05, 3.63) is 76.0 Å². The number of carbonyl (C=O) groups is 2. The topological polar surface area (TPSA) is 101 Å². The summed E-state index contributed by atoms with van der Waals surface area (Å²) >= 11 is 0. The van der Waals surface area contributed by atoms with E-state index in [2.05, 4.69) is 10.1 Å². The van der Waals surface area contributed by atoms with Crippen molar-refractivity contribution < 1.29 is 18.4 Å². The molecule has 2 amide bonds. The van der Waals surface area contributed by atoms with E-state index in [1.165, 1.54) is 24.3 Å². The van der Waals surface area contributed by atoms with Crippen molar-refractivity contribution in [2.24, 2.45) is 0 Å². The Balaban J connectivity index is 1.55. The van der Waals surface area contributed by atoms with Gasteiger partial charge in [-0.2, -0.15) is 9.67 Å². The highest BCUT2D eigenvalue weighted by Gasteiger charge is 2.43. The number of imide groups is 1. The van der Waals surface area contributed by atoms with Gasteiger partial charge in [0.1, 0.15) is 11.3 Å². The van der Waals surface area contributed by atoms with E-state index >= 15 is 0 Å². The molecule has 0 radical (unpaired) electrons. The normalized spacial score (nSPS) is 16.7. The maximum absolute atomic E-state index is 13.2. The number of halogens is 1. The minimum Gasteiger partial charge on any atom is -0.422 e. The van der Waals surface area contributed by atoms with Crippen LogP contribution >= 0.6 is 0 Å². The lowest BCUT2D eigenvalue weighted by atomic mass is 9.98. The average Bonchev–Trinajstić information content (AvgIpc) is 3.36. The summed E-state index contributed by atoms with van der Waals surface area (Å²) < 4.78 is 20.0. The minimum absolute atomic E-state index is 0.0442. The van der Waals surface area contributed by atoms with E-state index in [0.29, 0.717) is 16.8 Å². The summed E-state index contributed by atoms with van der Waals surface area (Å²) in [4.78, 5) is 43.9. The maximum Gasteiger partial charge on any atom is 0.325 e. The molecule has 3 heterocycles. The van der Waals surface area contributed by atoms with Crippen LogP contribution in [-0.4, -0.2) is 26.6 Å².